The third-order valence-corrected chi connectivity index (χ3v) is 12.1. The summed E-state index contributed by atoms with van der Waals surface area (Å²) in [7, 11) is 1.68. The minimum absolute atomic E-state index is 0.0247. The second-order valence-corrected chi connectivity index (χ2v) is 17.1. The number of hydrazine groups is 1. The zero-order valence-corrected chi connectivity index (χ0v) is 35.2. The molecule has 0 saturated carbocycles. The van der Waals surface area contributed by atoms with Crippen LogP contribution in [0.5, 0.6) is 5.75 Å². The fraction of sp³-hybridized carbons (Fsp3) is 0.500. The lowest BCUT2D eigenvalue weighted by Crippen LogP contribution is -2.61. The first-order chi connectivity index (χ1) is 28.3. The number of aryl methyl sites for hydroxylation is 1. The van der Waals surface area contributed by atoms with Crippen LogP contribution in [-0.4, -0.2) is 93.2 Å². The Bertz CT molecular complexity index is 2230. The number of carbonyl (C=O) groups excluding carboxylic acids is 4. The van der Waals surface area contributed by atoms with Gasteiger partial charge in [0.25, 0.3) is 5.91 Å². The number of benzene rings is 2. The van der Waals surface area contributed by atoms with Crippen molar-refractivity contribution in [2.75, 3.05) is 26.8 Å². The monoisotopic (exact) mass is 806 g/mol. The molecule has 3 aliphatic heterocycles. The molecular weight excluding hydrogens is 749 g/mol. The van der Waals surface area contributed by atoms with Gasteiger partial charge in [-0.2, -0.15) is 0 Å². The second-order valence-electron chi connectivity index (χ2n) is 17.1. The van der Waals surface area contributed by atoms with Gasteiger partial charge in [-0.3, -0.25) is 29.2 Å². The van der Waals surface area contributed by atoms with Gasteiger partial charge in [-0.1, -0.05) is 38.8 Å². The Labute approximate surface area is 346 Å². The van der Waals surface area contributed by atoms with E-state index in [0.29, 0.717) is 50.9 Å². The number of phenols is 1. The van der Waals surface area contributed by atoms with Crippen LogP contribution in [0.1, 0.15) is 96.1 Å². The molecule has 0 radical (unpaired) electrons. The predicted molar refractivity (Wildman–Crippen MR) is 225 cm³/mol. The van der Waals surface area contributed by atoms with Crippen LogP contribution in [0.15, 0.2) is 54.7 Å². The number of aromatic nitrogens is 2. The van der Waals surface area contributed by atoms with E-state index < -0.39 is 41.3 Å². The molecule has 6 bridgehead atoms. The van der Waals surface area contributed by atoms with Crippen molar-refractivity contribution in [3.8, 4) is 28.1 Å². The summed E-state index contributed by atoms with van der Waals surface area (Å²) < 4.78 is 14.2. The largest absolute Gasteiger partial charge is 0.508 e. The van der Waals surface area contributed by atoms with Gasteiger partial charge in [0.1, 0.15) is 23.9 Å². The Hall–Kier alpha value is -5.27. The molecule has 2 aromatic heterocycles. The number of phenolic OH excluding ortho intramolecular Hbond substituents is 1. The molecule has 3 aliphatic rings. The normalized spacial score (nSPS) is 22.0. The van der Waals surface area contributed by atoms with E-state index >= 15 is 0 Å². The first kappa shape index (κ1) is 41.9. The molecule has 314 valence electrons. The molecule has 4 aromatic rings. The summed E-state index contributed by atoms with van der Waals surface area (Å²) in [6.45, 7) is 11.4. The van der Waals surface area contributed by atoms with Crippen molar-refractivity contribution in [2.24, 2.45) is 5.41 Å². The van der Waals surface area contributed by atoms with Gasteiger partial charge in [-0.05, 0) is 105 Å². The summed E-state index contributed by atoms with van der Waals surface area (Å²) in [4.78, 5) is 61.4. The molecule has 2 saturated heterocycles. The molecule has 4 atom stereocenters. The summed E-state index contributed by atoms with van der Waals surface area (Å²) in [5.41, 5.74) is 9.78. The van der Waals surface area contributed by atoms with Gasteiger partial charge in [0.2, 0.25) is 11.8 Å². The Kier molecular flexibility index (Phi) is 12.4. The van der Waals surface area contributed by atoms with Crippen LogP contribution >= 0.6 is 0 Å². The van der Waals surface area contributed by atoms with E-state index in [1.54, 1.807) is 30.3 Å². The number of likely N-dealkylation sites (tertiary alicyclic amines) is 1. The van der Waals surface area contributed by atoms with Crippen molar-refractivity contribution in [3.63, 3.8) is 0 Å². The number of amides is 3. The molecule has 2 fully saturated rings. The molecule has 0 spiro atoms. The highest BCUT2D eigenvalue weighted by molar-refractivity contribution is 5.96. The third kappa shape index (κ3) is 8.86. The van der Waals surface area contributed by atoms with Gasteiger partial charge in [-0.15, -0.1) is 0 Å². The average Bonchev–Trinajstić information content (AvgIpc) is 3.34. The van der Waals surface area contributed by atoms with Crippen LogP contribution in [0, 0.1) is 5.41 Å². The van der Waals surface area contributed by atoms with Gasteiger partial charge >= 0.3 is 5.97 Å². The number of aromatic hydroxyl groups is 1. The van der Waals surface area contributed by atoms with Crippen LogP contribution in [0.3, 0.4) is 0 Å². The summed E-state index contributed by atoms with van der Waals surface area (Å²) in [6.07, 6.45) is 6.16. The van der Waals surface area contributed by atoms with Crippen LogP contribution in [-0.2, 0) is 48.0 Å². The Balaban J connectivity index is 1.37. The van der Waals surface area contributed by atoms with Crippen molar-refractivity contribution < 1.29 is 33.8 Å². The molecular formula is C46H58N6O7. The van der Waals surface area contributed by atoms with E-state index in [-0.39, 0.29) is 30.8 Å². The quantitative estimate of drug-likeness (QED) is 0.192. The molecule has 3 N–H and O–H groups in total. The topological polar surface area (TPSA) is 155 Å². The van der Waals surface area contributed by atoms with E-state index in [9.17, 15) is 24.3 Å². The molecule has 13 heteroatoms. The van der Waals surface area contributed by atoms with Crippen molar-refractivity contribution >= 4 is 34.6 Å². The fourth-order valence-electron chi connectivity index (χ4n) is 9.09. The van der Waals surface area contributed by atoms with Crippen molar-refractivity contribution in [1.29, 1.82) is 0 Å². The number of hydrogen-bond donors (Lipinski definition) is 3. The number of pyridine rings is 1. The van der Waals surface area contributed by atoms with E-state index in [1.165, 1.54) is 11.9 Å². The van der Waals surface area contributed by atoms with Crippen LogP contribution in [0.25, 0.3) is 33.3 Å². The van der Waals surface area contributed by atoms with E-state index in [4.69, 9.17) is 14.5 Å². The van der Waals surface area contributed by atoms with Crippen LogP contribution < -0.4 is 10.7 Å². The number of esters is 1. The van der Waals surface area contributed by atoms with Gasteiger partial charge in [0, 0.05) is 68.2 Å². The second kappa shape index (κ2) is 17.5. The SMILES string of the molecule is CCn1c(-c2cccnc2[C@H](C)OC)c2c3cc(ccc31)-c1cc(O)cc(c1)CC(NC(=O)[C@@H]1CCCCCN1C(C)=O)C(=O)N1CCC[C@H](N1)C(=O)OCC(C)(C)C2. The van der Waals surface area contributed by atoms with Crippen molar-refractivity contribution in [3.05, 3.63) is 71.5 Å². The molecule has 5 heterocycles. The lowest BCUT2D eigenvalue weighted by molar-refractivity contribution is -0.155. The molecule has 1 unspecified atom stereocenters. The summed E-state index contributed by atoms with van der Waals surface area (Å²) in [5, 5.41) is 16.7. The Morgan fingerprint density at radius 3 is 2.63 bits per heavy atom. The maximum absolute atomic E-state index is 14.5. The highest BCUT2D eigenvalue weighted by Gasteiger charge is 2.37. The highest BCUT2D eigenvalue weighted by Crippen LogP contribution is 2.42. The molecule has 7 rings (SSSR count). The number of carbonyl (C=O) groups is 4. The van der Waals surface area contributed by atoms with Gasteiger partial charge in [-0.25, -0.2) is 5.43 Å². The molecule has 13 nitrogen and oxygen atoms in total. The third-order valence-electron chi connectivity index (χ3n) is 12.1. The summed E-state index contributed by atoms with van der Waals surface area (Å²) in [6, 6.07) is 13.1. The van der Waals surface area contributed by atoms with Gasteiger partial charge < -0.3 is 29.4 Å². The Morgan fingerprint density at radius 1 is 1.05 bits per heavy atom. The molecule has 3 amide bonds. The van der Waals surface area contributed by atoms with E-state index in [0.717, 1.165) is 63.8 Å². The van der Waals surface area contributed by atoms with Crippen molar-refractivity contribution in [2.45, 2.75) is 117 Å². The molecule has 2 aromatic carbocycles. The first-order valence-electron chi connectivity index (χ1n) is 21.1. The number of rotatable bonds is 6. The lowest BCUT2D eigenvalue weighted by Gasteiger charge is -2.36. The zero-order valence-electron chi connectivity index (χ0n) is 35.2. The van der Waals surface area contributed by atoms with Crippen LogP contribution in [0.4, 0.5) is 0 Å². The number of cyclic esters (lactones) is 1. The maximum Gasteiger partial charge on any atom is 0.324 e. The number of nitrogens with one attached hydrogen (secondary N) is 2. The predicted octanol–water partition coefficient (Wildman–Crippen LogP) is 6.24. The number of ether oxygens (including phenoxy) is 2. The smallest absolute Gasteiger partial charge is 0.324 e. The number of fused-ring (bicyclic) bond motifs is 6. The van der Waals surface area contributed by atoms with E-state index in [2.05, 4.69) is 54.3 Å². The highest BCUT2D eigenvalue weighted by atomic mass is 16.5. The van der Waals surface area contributed by atoms with Gasteiger partial charge in [0.05, 0.1) is 24.1 Å². The number of hydrogen-bond acceptors (Lipinski definition) is 9. The standard InChI is InChI=1S/C46H58N6O7/c1-7-50-39-17-16-31-25-35(39)36(42(50)34-13-11-18-47-41(34)28(2)58-6)26-46(4,5)27-59-45(57)37-14-12-20-52(49-37)44(56)38(23-30-21-32(31)24-33(54)22-30)48-43(55)40-15-9-8-10-19-51(40)29(3)53/h11,13,16-18,21-22,24-25,28,37-38,40,49,54H,7-10,12,14-15,19-20,23,26-27H2,1-6H3,(H,48,55)/t28-,37-,38?,40-/m0/s1. The Morgan fingerprint density at radius 2 is 1.86 bits per heavy atom. The molecule has 59 heavy (non-hydrogen) atoms. The zero-order chi connectivity index (χ0) is 42.0. The number of methoxy groups -OCH3 is 1. The van der Waals surface area contributed by atoms with Crippen molar-refractivity contribution in [1.82, 2.24) is 30.2 Å². The van der Waals surface area contributed by atoms with Crippen LogP contribution in [0.2, 0.25) is 0 Å². The lowest BCUT2D eigenvalue weighted by atomic mass is 9.84. The fourth-order valence-corrected chi connectivity index (χ4v) is 9.09. The average molecular weight is 807 g/mol. The molecule has 0 aliphatic carbocycles. The first-order valence-corrected chi connectivity index (χ1v) is 21.1. The minimum Gasteiger partial charge on any atom is -0.508 e. The van der Waals surface area contributed by atoms with E-state index in [1.807, 2.05) is 25.1 Å². The number of nitrogens with zero attached hydrogens (tertiary/aromatic N) is 4. The summed E-state index contributed by atoms with van der Waals surface area (Å²) in [5.74, 6) is -1.43. The van der Waals surface area contributed by atoms with Gasteiger partial charge in [0.15, 0.2) is 0 Å². The maximum atomic E-state index is 14.5. The summed E-state index contributed by atoms with van der Waals surface area (Å²) >= 11 is 0. The minimum atomic E-state index is -1.06.